The fourth-order valence-corrected chi connectivity index (χ4v) is 4.62. The van der Waals surface area contributed by atoms with Crippen LogP contribution in [0.5, 0.6) is 5.75 Å². The summed E-state index contributed by atoms with van der Waals surface area (Å²) in [6.45, 7) is 10.2. The Morgan fingerprint density at radius 1 is 1.00 bits per heavy atom. The maximum Gasteiger partial charge on any atom is 0.289 e. The van der Waals surface area contributed by atoms with Crippen LogP contribution in [0.1, 0.15) is 63.9 Å². The molecule has 8 nitrogen and oxygen atoms in total. The molecule has 0 saturated carbocycles. The third-order valence-corrected chi connectivity index (χ3v) is 6.93. The van der Waals surface area contributed by atoms with Crippen molar-refractivity contribution in [3.63, 3.8) is 0 Å². The lowest BCUT2D eigenvalue weighted by molar-refractivity contribution is -0.659. The predicted octanol–water partition coefficient (Wildman–Crippen LogP) is 5.78. The molecule has 0 aliphatic rings. The molecule has 1 aromatic heterocycles. The van der Waals surface area contributed by atoms with E-state index < -0.39 is 0 Å². The second-order valence-corrected chi connectivity index (χ2v) is 11.0. The molecule has 1 amide bonds. The van der Waals surface area contributed by atoms with Crippen molar-refractivity contribution in [3.05, 3.63) is 94.3 Å². The molecule has 0 fully saturated rings. The Morgan fingerprint density at radius 2 is 1.72 bits per heavy atom. The number of aromatic amines is 1. The molecule has 1 heterocycles. The number of hydrogen-bond acceptors (Lipinski definition) is 6. The van der Waals surface area contributed by atoms with E-state index in [-0.39, 0.29) is 22.8 Å². The number of amides is 1. The number of rotatable bonds is 8. The average molecular weight is 545 g/mol. The van der Waals surface area contributed by atoms with E-state index in [0.717, 1.165) is 22.4 Å². The number of ether oxygens (including phenoxy) is 1. The van der Waals surface area contributed by atoms with Gasteiger partial charge in [0.25, 0.3) is 11.6 Å². The molecule has 4 rings (SSSR count). The van der Waals surface area contributed by atoms with Crippen molar-refractivity contribution in [1.82, 2.24) is 10.3 Å². The Balaban J connectivity index is 1.66. The van der Waals surface area contributed by atoms with E-state index in [1.807, 2.05) is 56.5 Å². The van der Waals surface area contributed by atoms with Crippen molar-refractivity contribution in [3.8, 4) is 11.4 Å². The van der Waals surface area contributed by atoms with Crippen molar-refractivity contribution in [2.24, 2.45) is 0 Å². The van der Waals surface area contributed by atoms with Crippen LogP contribution in [0.15, 0.2) is 60.8 Å². The predicted molar refractivity (Wildman–Crippen MR) is 156 cm³/mol. The molecule has 0 aliphatic carbocycles. The van der Waals surface area contributed by atoms with Gasteiger partial charge in [0.05, 0.1) is 18.5 Å². The smallest absolute Gasteiger partial charge is 0.289 e. The van der Waals surface area contributed by atoms with Crippen LogP contribution in [0.3, 0.4) is 0 Å². The first kappa shape index (κ1) is 27.9. The molecule has 39 heavy (non-hydrogen) atoms. The maximum atomic E-state index is 13.5. The number of nitrogens with one attached hydrogen (secondary N) is 3. The number of carbonyl (C=O) groups is 2. The van der Waals surface area contributed by atoms with Crippen molar-refractivity contribution in [2.75, 3.05) is 23.4 Å². The van der Waals surface area contributed by atoms with Gasteiger partial charge in [0.15, 0.2) is 17.6 Å². The zero-order valence-corrected chi connectivity index (χ0v) is 24.1. The van der Waals surface area contributed by atoms with Gasteiger partial charge in [0, 0.05) is 28.5 Å². The normalized spacial score (nSPS) is 11.3. The highest BCUT2D eigenvalue weighted by molar-refractivity contribution is 7.99. The van der Waals surface area contributed by atoms with Crippen molar-refractivity contribution < 1.29 is 19.0 Å². The molecule has 0 atom stereocenters. The van der Waals surface area contributed by atoms with Crippen LogP contribution in [0, 0.1) is 13.8 Å². The van der Waals surface area contributed by atoms with Gasteiger partial charge in [-0.15, -0.1) is 4.68 Å². The zero-order valence-electron chi connectivity index (χ0n) is 23.3. The minimum Gasteiger partial charge on any atom is -0.492 e. The number of methoxy groups -OCH3 is 1. The highest BCUT2D eigenvalue weighted by atomic mass is 32.2. The largest absolute Gasteiger partial charge is 0.492 e. The molecule has 4 aromatic rings. The lowest BCUT2D eigenvalue weighted by Crippen LogP contribution is -2.33. The van der Waals surface area contributed by atoms with Crippen molar-refractivity contribution >= 4 is 35.0 Å². The first-order valence-electron chi connectivity index (χ1n) is 12.5. The Kier molecular flexibility index (Phi) is 8.11. The first-order valence-corrected chi connectivity index (χ1v) is 13.8. The van der Waals surface area contributed by atoms with Gasteiger partial charge in [-0.25, -0.2) is 0 Å². The van der Waals surface area contributed by atoms with Crippen LogP contribution in [-0.2, 0) is 5.41 Å². The topological polar surface area (TPSA) is 100.0 Å². The second-order valence-electron chi connectivity index (χ2n) is 10.4. The van der Waals surface area contributed by atoms with Gasteiger partial charge in [0.1, 0.15) is 0 Å². The summed E-state index contributed by atoms with van der Waals surface area (Å²) >= 11 is 1.45. The summed E-state index contributed by atoms with van der Waals surface area (Å²) in [5, 5.41) is 10.2. The minimum atomic E-state index is -0.285. The number of aromatic nitrogens is 3. The third kappa shape index (κ3) is 5.98. The molecule has 0 saturated heterocycles. The molecular formula is C30H34N5O3S+. The fourth-order valence-electron chi connectivity index (χ4n) is 4.25. The third-order valence-electron chi connectivity index (χ3n) is 6.50. The molecule has 0 bridgehead atoms. The summed E-state index contributed by atoms with van der Waals surface area (Å²) in [6.07, 6.45) is 3.58. The Hall–Kier alpha value is -4.11. The van der Waals surface area contributed by atoms with E-state index in [4.69, 9.17) is 4.74 Å². The van der Waals surface area contributed by atoms with E-state index >= 15 is 0 Å². The molecule has 0 unspecified atom stereocenters. The molecular weight excluding hydrogens is 510 g/mol. The number of ketones is 1. The quantitative estimate of drug-likeness (QED) is 0.148. The highest BCUT2D eigenvalue weighted by Gasteiger charge is 2.24. The number of aryl methyl sites for hydroxylation is 2. The van der Waals surface area contributed by atoms with Gasteiger partial charge in [-0.3, -0.25) is 9.59 Å². The van der Waals surface area contributed by atoms with E-state index in [2.05, 4.69) is 41.1 Å². The number of hydrogen-bond donors (Lipinski definition) is 3. The number of H-pyrrole nitrogens is 1. The summed E-state index contributed by atoms with van der Waals surface area (Å²) in [6, 6.07) is 16.8. The van der Waals surface area contributed by atoms with Gasteiger partial charge in [0.2, 0.25) is 5.78 Å². The van der Waals surface area contributed by atoms with Gasteiger partial charge in [-0.2, -0.15) is 0 Å². The Bertz CT molecular complexity index is 1540. The van der Waals surface area contributed by atoms with Crippen LogP contribution in [-0.4, -0.2) is 35.4 Å². The van der Waals surface area contributed by atoms with Crippen LogP contribution in [0.2, 0.25) is 0 Å². The first-order chi connectivity index (χ1) is 18.5. The van der Waals surface area contributed by atoms with Gasteiger partial charge in [-0.1, -0.05) is 68.3 Å². The van der Waals surface area contributed by atoms with Crippen LogP contribution in [0.4, 0.5) is 11.4 Å². The van der Waals surface area contributed by atoms with E-state index in [9.17, 15) is 9.59 Å². The number of carbonyl (C=O) groups excluding carboxylic acids is 2. The van der Waals surface area contributed by atoms with Crippen molar-refractivity contribution in [2.45, 2.75) is 40.0 Å². The van der Waals surface area contributed by atoms with Gasteiger partial charge >= 0.3 is 0 Å². The van der Waals surface area contributed by atoms with E-state index in [1.54, 1.807) is 36.2 Å². The Morgan fingerprint density at radius 3 is 2.38 bits per heavy atom. The average Bonchev–Trinajstić information content (AvgIpc) is 3.38. The Labute approximate surface area is 233 Å². The maximum absolute atomic E-state index is 13.5. The van der Waals surface area contributed by atoms with E-state index in [1.165, 1.54) is 11.9 Å². The minimum absolute atomic E-state index is 0.137. The van der Waals surface area contributed by atoms with Crippen LogP contribution >= 0.6 is 11.9 Å². The second kappa shape index (κ2) is 11.3. The summed E-state index contributed by atoms with van der Waals surface area (Å²) in [7, 11) is 1.59. The van der Waals surface area contributed by atoms with Crippen LogP contribution in [0.25, 0.3) is 5.69 Å². The molecule has 0 radical (unpaired) electrons. The molecule has 202 valence electrons. The summed E-state index contributed by atoms with van der Waals surface area (Å²) in [5.74, 6) is 0.0995. The van der Waals surface area contributed by atoms with Crippen LogP contribution < -0.4 is 19.5 Å². The molecule has 0 spiro atoms. The number of benzene rings is 3. The molecule has 3 N–H and O–H groups in total. The zero-order chi connectivity index (χ0) is 28.3. The summed E-state index contributed by atoms with van der Waals surface area (Å²) in [5.41, 5.74) is 6.12. The van der Waals surface area contributed by atoms with Gasteiger partial charge < -0.3 is 14.8 Å². The van der Waals surface area contributed by atoms with Gasteiger partial charge in [-0.05, 0) is 54.2 Å². The molecule has 3 aromatic carbocycles. The lowest BCUT2D eigenvalue weighted by Gasteiger charge is -2.24. The molecule has 0 aliphatic heterocycles. The summed E-state index contributed by atoms with van der Waals surface area (Å²) < 4.78 is 10.6. The monoisotopic (exact) mass is 544 g/mol. The summed E-state index contributed by atoms with van der Waals surface area (Å²) in [4.78, 5) is 26.5. The number of nitrogens with zero attached hydrogens (tertiary/aromatic N) is 2. The molecule has 9 heteroatoms. The lowest BCUT2D eigenvalue weighted by atomic mass is 9.86. The van der Waals surface area contributed by atoms with E-state index in [0.29, 0.717) is 28.3 Å². The van der Waals surface area contributed by atoms with Crippen molar-refractivity contribution in [1.29, 1.82) is 0 Å². The standard InChI is InChI=1S/C30H33N5O3S/c1-18-10-8-9-11-22(18)27(36)25-17-35(34-32-25)26-14-20(13-12-19(26)2)29(37)31-23-15-21(30(3,4)5)16-24(33-39-7)28(23)38-6/h8-17,33H,1-7H3,(H,31,37)/p+1. The fraction of sp³-hybridized carbons (Fsp3) is 0.267. The number of anilines is 2. The SMILES string of the molecule is COc1c(NSC)cc(C(C)(C)C)cc1NC(=O)c1ccc(C)c(-[n+]2cc(C(=O)c3ccccc3C)n[nH]2)c1. The highest BCUT2D eigenvalue weighted by Crippen LogP contribution is 2.39.